The summed E-state index contributed by atoms with van der Waals surface area (Å²) in [6.45, 7) is 6.37. The summed E-state index contributed by atoms with van der Waals surface area (Å²) in [4.78, 5) is 4.04. The Morgan fingerprint density at radius 3 is 2.56 bits per heavy atom. The van der Waals surface area contributed by atoms with Gasteiger partial charge in [0, 0.05) is 16.7 Å². The fourth-order valence-corrected chi connectivity index (χ4v) is 2.15. The Morgan fingerprint density at radius 1 is 1.44 bits per heavy atom. The highest BCUT2D eigenvalue weighted by Crippen LogP contribution is 2.20. The molecule has 2 nitrogen and oxygen atoms in total. The van der Waals surface area contributed by atoms with Gasteiger partial charge >= 0.3 is 0 Å². The number of aromatic nitrogens is 1. The Morgan fingerprint density at radius 2 is 2.06 bits per heavy atom. The van der Waals surface area contributed by atoms with Crippen LogP contribution in [0.4, 0.5) is 10.2 Å². The van der Waals surface area contributed by atoms with Gasteiger partial charge in [0.15, 0.2) is 11.6 Å². The topological polar surface area (TPSA) is 24.9 Å². The second kappa shape index (κ2) is 6.18. The first-order valence-corrected chi connectivity index (χ1v) is 6.45. The van der Waals surface area contributed by atoms with E-state index in [1.807, 2.05) is 0 Å². The predicted octanol–water partition coefficient (Wildman–Crippen LogP) is 4.22. The quantitative estimate of drug-likeness (QED) is 0.877. The van der Waals surface area contributed by atoms with Crippen LogP contribution in [-0.2, 0) is 0 Å². The smallest absolute Gasteiger partial charge is 0.166 e. The molecular weight excluding hydrogens is 271 g/mol. The molecule has 0 radical (unpaired) electrons. The molecule has 0 aliphatic heterocycles. The highest BCUT2D eigenvalue weighted by molar-refractivity contribution is 9.10. The van der Waals surface area contributed by atoms with E-state index in [1.54, 1.807) is 6.20 Å². The molecule has 90 valence electrons. The van der Waals surface area contributed by atoms with Gasteiger partial charge in [-0.25, -0.2) is 9.37 Å². The molecule has 1 rings (SSSR count). The second-order valence-corrected chi connectivity index (χ2v) is 4.91. The van der Waals surface area contributed by atoms with Crippen LogP contribution >= 0.6 is 15.9 Å². The van der Waals surface area contributed by atoms with E-state index in [0.717, 1.165) is 12.8 Å². The molecule has 4 heteroatoms. The molecule has 0 saturated heterocycles. The summed E-state index contributed by atoms with van der Waals surface area (Å²) in [5, 5.41) is 3.13. The van der Waals surface area contributed by atoms with Gasteiger partial charge in [0.05, 0.1) is 0 Å². The van der Waals surface area contributed by atoms with E-state index in [2.05, 4.69) is 47.0 Å². The Kier molecular flexibility index (Phi) is 5.19. The van der Waals surface area contributed by atoms with E-state index in [0.29, 0.717) is 16.2 Å². The molecule has 0 saturated carbocycles. The second-order valence-electron chi connectivity index (χ2n) is 3.99. The van der Waals surface area contributed by atoms with Crippen LogP contribution in [0.25, 0.3) is 0 Å². The van der Waals surface area contributed by atoms with Gasteiger partial charge in [-0.15, -0.1) is 0 Å². The number of nitrogens with one attached hydrogen (secondary N) is 1. The van der Waals surface area contributed by atoms with Crippen LogP contribution in [0.1, 0.15) is 33.6 Å². The fourth-order valence-electron chi connectivity index (χ4n) is 1.85. The zero-order valence-corrected chi connectivity index (χ0v) is 11.5. The summed E-state index contributed by atoms with van der Waals surface area (Å²) in [6, 6.07) is 1.66. The first kappa shape index (κ1) is 13.4. The van der Waals surface area contributed by atoms with Crippen LogP contribution in [0.5, 0.6) is 0 Å². The minimum atomic E-state index is -0.313. The Hall–Kier alpha value is -0.640. The van der Waals surface area contributed by atoms with Crippen LogP contribution in [0.3, 0.4) is 0 Å². The van der Waals surface area contributed by atoms with Gasteiger partial charge in [0.2, 0.25) is 0 Å². The minimum Gasteiger partial charge on any atom is -0.365 e. The number of halogens is 2. The number of rotatable bonds is 5. The van der Waals surface area contributed by atoms with Crippen molar-refractivity contribution in [3.05, 3.63) is 22.6 Å². The summed E-state index contributed by atoms with van der Waals surface area (Å²) < 4.78 is 14.2. The number of pyridine rings is 1. The maximum atomic E-state index is 13.5. The van der Waals surface area contributed by atoms with Gasteiger partial charge < -0.3 is 5.32 Å². The average molecular weight is 289 g/mol. The standard InChI is InChI=1S/C12H18BrFN2/c1-4-9(5-2)8(3)16-12-11(14)6-10(13)7-15-12/h6-9H,4-5H2,1-3H3,(H,15,16). The lowest BCUT2D eigenvalue weighted by atomic mass is 9.95. The average Bonchev–Trinajstić information content (AvgIpc) is 2.24. The molecule has 0 aliphatic carbocycles. The molecule has 0 fully saturated rings. The van der Waals surface area contributed by atoms with E-state index in [-0.39, 0.29) is 11.9 Å². The predicted molar refractivity (Wildman–Crippen MR) is 69.1 cm³/mol. The third-order valence-electron chi connectivity index (χ3n) is 2.93. The molecule has 1 unspecified atom stereocenters. The monoisotopic (exact) mass is 288 g/mol. The SMILES string of the molecule is CCC(CC)C(C)Nc1ncc(Br)cc1F. The fraction of sp³-hybridized carbons (Fsp3) is 0.583. The lowest BCUT2D eigenvalue weighted by Gasteiger charge is -2.23. The summed E-state index contributed by atoms with van der Waals surface area (Å²) >= 11 is 3.19. The van der Waals surface area contributed by atoms with Crippen LogP contribution in [0.2, 0.25) is 0 Å². The largest absolute Gasteiger partial charge is 0.365 e. The third-order valence-corrected chi connectivity index (χ3v) is 3.36. The van der Waals surface area contributed by atoms with Crippen molar-refractivity contribution >= 4 is 21.7 Å². The lowest BCUT2D eigenvalue weighted by Crippen LogP contribution is -2.26. The highest BCUT2D eigenvalue weighted by Gasteiger charge is 2.15. The number of hydrogen-bond acceptors (Lipinski definition) is 2. The highest BCUT2D eigenvalue weighted by atomic mass is 79.9. The molecular formula is C12H18BrFN2. The zero-order valence-electron chi connectivity index (χ0n) is 9.93. The molecule has 0 amide bonds. The van der Waals surface area contributed by atoms with Crippen molar-refractivity contribution < 1.29 is 4.39 Å². The van der Waals surface area contributed by atoms with Crippen LogP contribution in [0.15, 0.2) is 16.7 Å². The Bertz CT molecular complexity index is 340. The molecule has 0 aliphatic rings. The van der Waals surface area contributed by atoms with E-state index in [4.69, 9.17) is 0 Å². The first-order chi connectivity index (χ1) is 7.58. The summed E-state index contributed by atoms with van der Waals surface area (Å²) in [5.74, 6) is 0.569. The maximum absolute atomic E-state index is 13.5. The molecule has 16 heavy (non-hydrogen) atoms. The van der Waals surface area contributed by atoms with Gasteiger partial charge in [-0.1, -0.05) is 26.7 Å². The molecule has 0 bridgehead atoms. The molecule has 1 aromatic rings. The van der Waals surface area contributed by atoms with Gasteiger partial charge in [0.1, 0.15) is 0 Å². The van der Waals surface area contributed by atoms with E-state index < -0.39 is 0 Å². The van der Waals surface area contributed by atoms with Gasteiger partial charge in [-0.2, -0.15) is 0 Å². The summed E-state index contributed by atoms with van der Waals surface area (Å²) in [5.41, 5.74) is 0. The summed E-state index contributed by atoms with van der Waals surface area (Å²) in [7, 11) is 0. The number of hydrogen-bond donors (Lipinski definition) is 1. The van der Waals surface area contributed by atoms with Crippen LogP contribution < -0.4 is 5.32 Å². The van der Waals surface area contributed by atoms with E-state index in [9.17, 15) is 4.39 Å². The van der Waals surface area contributed by atoms with Crippen molar-refractivity contribution in [1.29, 1.82) is 0 Å². The number of anilines is 1. The normalized spacial score (nSPS) is 12.9. The third kappa shape index (κ3) is 3.44. The summed E-state index contributed by atoms with van der Waals surface area (Å²) in [6.07, 6.45) is 3.77. The van der Waals surface area contributed by atoms with E-state index in [1.165, 1.54) is 6.07 Å². The molecule has 1 heterocycles. The minimum absolute atomic E-state index is 0.234. The maximum Gasteiger partial charge on any atom is 0.166 e. The first-order valence-electron chi connectivity index (χ1n) is 5.66. The van der Waals surface area contributed by atoms with Crippen molar-refractivity contribution in [3.63, 3.8) is 0 Å². The lowest BCUT2D eigenvalue weighted by molar-refractivity contribution is 0.435. The van der Waals surface area contributed by atoms with Crippen LogP contribution in [-0.4, -0.2) is 11.0 Å². The molecule has 0 aromatic carbocycles. The Balaban J connectivity index is 2.72. The van der Waals surface area contributed by atoms with Gasteiger partial charge in [-0.05, 0) is 34.8 Å². The molecule has 0 spiro atoms. The molecule has 1 atom stereocenters. The van der Waals surface area contributed by atoms with Gasteiger partial charge in [0.25, 0.3) is 0 Å². The van der Waals surface area contributed by atoms with Crippen molar-refractivity contribution in [2.24, 2.45) is 5.92 Å². The van der Waals surface area contributed by atoms with Crippen molar-refractivity contribution in [1.82, 2.24) is 4.98 Å². The van der Waals surface area contributed by atoms with Crippen molar-refractivity contribution in [2.45, 2.75) is 39.7 Å². The van der Waals surface area contributed by atoms with Gasteiger partial charge in [-0.3, -0.25) is 0 Å². The zero-order chi connectivity index (χ0) is 12.1. The molecule has 1 aromatic heterocycles. The number of nitrogens with zero attached hydrogens (tertiary/aromatic N) is 1. The molecule has 1 N–H and O–H groups in total. The van der Waals surface area contributed by atoms with Crippen molar-refractivity contribution in [3.8, 4) is 0 Å². The Labute approximate surface area is 105 Å². The van der Waals surface area contributed by atoms with E-state index >= 15 is 0 Å². The van der Waals surface area contributed by atoms with Crippen molar-refractivity contribution in [2.75, 3.05) is 5.32 Å². The van der Waals surface area contributed by atoms with Crippen LogP contribution in [0, 0.1) is 11.7 Å².